The fourth-order valence-corrected chi connectivity index (χ4v) is 1.66. The summed E-state index contributed by atoms with van der Waals surface area (Å²) in [5, 5.41) is 9.06. The van der Waals surface area contributed by atoms with Gasteiger partial charge < -0.3 is 14.6 Å². The Kier molecular flexibility index (Phi) is 4.43. The van der Waals surface area contributed by atoms with Gasteiger partial charge in [0.25, 0.3) is 0 Å². The Morgan fingerprint density at radius 3 is 2.44 bits per heavy atom. The molecule has 4 nitrogen and oxygen atoms in total. The van der Waals surface area contributed by atoms with Crippen molar-refractivity contribution in [1.82, 2.24) is 0 Å². The van der Waals surface area contributed by atoms with E-state index in [1.54, 1.807) is 12.1 Å². The van der Waals surface area contributed by atoms with Gasteiger partial charge >= 0.3 is 5.97 Å². The molecule has 0 aliphatic heterocycles. The Morgan fingerprint density at radius 2 is 1.94 bits per heavy atom. The maximum Gasteiger partial charge on any atom is 0.303 e. The molecule has 0 unspecified atom stereocenters. The highest BCUT2D eigenvalue weighted by atomic mass is 35.5. The van der Waals surface area contributed by atoms with E-state index < -0.39 is 5.97 Å². The molecule has 0 saturated heterocycles. The number of carbonyl (C=O) groups is 1. The highest BCUT2D eigenvalue weighted by Crippen LogP contribution is 2.38. The number of hydrogen-bond acceptors (Lipinski definition) is 3. The van der Waals surface area contributed by atoms with Gasteiger partial charge in [-0.15, -0.1) is 0 Å². The van der Waals surface area contributed by atoms with Crippen LogP contribution in [0.3, 0.4) is 0 Å². The first-order chi connectivity index (χ1) is 7.60. The number of carboxylic acid groups (broad SMARTS) is 1. The van der Waals surface area contributed by atoms with Gasteiger partial charge in [0.1, 0.15) is 0 Å². The van der Waals surface area contributed by atoms with Gasteiger partial charge in [-0.1, -0.05) is 17.7 Å². The third-order valence-electron chi connectivity index (χ3n) is 2.16. The number of halogens is 1. The monoisotopic (exact) mass is 244 g/mol. The number of benzene rings is 1. The van der Waals surface area contributed by atoms with E-state index >= 15 is 0 Å². The van der Waals surface area contributed by atoms with Crippen molar-refractivity contribution in [2.45, 2.75) is 12.8 Å². The molecule has 1 aromatic rings. The van der Waals surface area contributed by atoms with Crippen molar-refractivity contribution in [3.63, 3.8) is 0 Å². The summed E-state index contributed by atoms with van der Waals surface area (Å²) in [6.45, 7) is 0. The van der Waals surface area contributed by atoms with Crippen molar-refractivity contribution < 1.29 is 19.4 Å². The van der Waals surface area contributed by atoms with Gasteiger partial charge in [-0.2, -0.15) is 0 Å². The summed E-state index contributed by atoms with van der Waals surface area (Å²) in [6.07, 6.45) is 0.424. The fourth-order valence-electron chi connectivity index (χ4n) is 1.43. The van der Waals surface area contributed by atoms with Crippen molar-refractivity contribution in [2.75, 3.05) is 14.2 Å². The highest BCUT2D eigenvalue weighted by molar-refractivity contribution is 6.32. The number of ether oxygens (including phenoxy) is 2. The number of rotatable bonds is 5. The second-order valence-corrected chi connectivity index (χ2v) is 3.57. The van der Waals surface area contributed by atoms with Crippen LogP contribution in [0.5, 0.6) is 11.5 Å². The highest BCUT2D eigenvalue weighted by Gasteiger charge is 2.14. The Labute approximate surface area is 98.7 Å². The van der Waals surface area contributed by atoms with E-state index in [0.29, 0.717) is 22.9 Å². The van der Waals surface area contributed by atoms with Crippen molar-refractivity contribution >= 4 is 17.6 Å². The molecule has 5 heteroatoms. The van der Waals surface area contributed by atoms with Gasteiger partial charge in [0.15, 0.2) is 11.5 Å². The molecular formula is C11H13ClO4. The van der Waals surface area contributed by atoms with Crippen LogP contribution in [-0.2, 0) is 11.2 Å². The van der Waals surface area contributed by atoms with E-state index in [9.17, 15) is 4.79 Å². The van der Waals surface area contributed by atoms with E-state index in [-0.39, 0.29) is 6.42 Å². The van der Waals surface area contributed by atoms with Gasteiger partial charge in [0.2, 0.25) is 0 Å². The molecule has 0 radical (unpaired) electrons. The largest absolute Gasteiger partial charge is 0.493 e. The van der Waals surface area contributed by atoms with Crippen LogP contribution in [-0.4, -0.2) is 25.3 Å². The average molecular weight is 245 g/mol. The first kappa shape index (κ1) is 12.6. The Morgan fingerprint density at radius 1 is 1.31 bits per heavy atom. The van der Waals surface area contributed by atoms with Gasteiger partial charge in [0, 0.05) is 6.42 Å². The Hall–Kier alpha value is -1.42. The second-order valence-electron chi connectivity index (χ2n) is 3.17. The smallest absolute Gasteiger partial charge is 0.303 e. The van der Waals surface area contributed by atoms with Crippen molar-refractivity contribution in [1.29, 1.82) is 0 Å². The summed E-state index contributed by atoms with van der Waals surface area (Å²) in [5.41, 5.74) is 0.770. The molecule has 0 bridgehead atoms. The lowest BCUT2D eigenvalue weighted by Gasteiger charge is -2.13. The van der Waals surface area contributed by atoms with Gasteiger partial charge in [-0.3, -0.25) is 4.79 Å². The van der Waals surface area contributed by atoms with E-state index in [4.69, 9.17) is 26.2 Å². The molecule has 0 fully saturated rings. The molecule has 0 amide bonds. The summed E-state index contributed by atoms with van der Waals surface area (Å²) in [5.74, 6) is 0.0827. The summed E-state index contributed by atoms with van der Waals surface area (Å²) in [6, 6.07) is 3.41. The molecule has 1 aromatic carbocycles. The van der Waals surface area contributed by atoms with E-state index in [0.717, 1.165) is 5.56 Å². The predicted octanol–water partition coefficient (Wildman–Crippen LogP) is 2.37. The quantitative estimate of drug-likeness (QED) is 0.864. The normalized spacial score (nSPS) is 9.94. The molecule has 0 aromatic heterocycles. The van der Waals surface area contributed by atoms with E-state index in [2.05, 4.69) is 0 Å². The summed E-state index contributed by atoms with van der Waals surface area (Å²) >= 11 is 5.92. The molecule has 16 heavy (non-hydrogen) atoms. The molecule has 1 rings (SSSR count). The number of hydrogen-bond donors (Lipinski definition) is 1. The molecule has 0 spiro atoms. The molecule has 0 aliphatic rings. The lowest BCUT2D eigenvalue weighted by molar-refractivity contribution is -0.136. The van der Waals surface area contributed by atoms with E-state index in [1.807, 2.05) is 0 Å². The zero-order valence-corrected chi connectivity index (χ0v) is 9.87. The molecule has 0 heterocycles. The Balaban J connectivity index is 3.04. The summed E-state index contributed by atoms with van der Waals surface area (Å²) in [7, 11) is 2.99. The molecule has 0 aliphatic carbocycles. The SMILES string of the molecule is COc1c(Cl)ccc(CCC(=O)O)c1OC. The lowest BCUT2D eigenvalue weighted by atomic mass is 10.1. The van der Waals surface area contributed by atoms with Crippen LogP contribution in [0.15, 0.2) is 12.1 Å². The van der Waals surface area contributed by atoms with Crippen LogP contribution >= 0.6 is 11.6 Å². The van der Waals surface area contributed by atoms with Crippen molar-refractivity contribution in [3.8, 4) is 11.5 Å². The summed E-state index contributed by atoms with van der Waals surface area (Å²) < 4.78 is 10.3. The molecule has 1 N–H and O–H groups in total. The second kappa shape index (κ2) is 5.61. The molecular weight excluding hydrogens is 232 g/mol. The topological polar surface area (TPSA) is 55.8 Å². The standard InChI is InChI=1S/C11H13ClO4/c1-15-10-7(4-6-9(13)14)3-5-8(12)11(10)16-2/h3,5H,4,6H2,1-2H3,(H,13,14). The van der Waals surface area contributed by atoms with Crippen molar-refractivity contribution in [2.24, 2.45) is 0 Å². The molecule has 0 atom stereocenters. The molecule has 88 valence electrons. The number of aliphatic carboxylic acids is 1. The minimum absolute atomic E-state index is 0.0428. The zero-order chi connectivity index (χ0) is 12.1. The third-order valence-corrected chi connectivity index (χ3v) is 2.46. The number of aryl methyl sites for hydroxylation is 1. The predicted molar refractivity (Wildman–Crippen MR) is 60.5 cm³/mol. The first-order valence-electron chi connectivity index (χ1n) is 4.71. The van der Waals surface area contributed by atoms with Gasteiger partial charge in [-0.05, 0) is 18.1 Å². The lowest BCUT2D eigenvalue weighted by Crippen LogP contribution is -2.01. The zero-order valence-electron chi connectivity index (χ0n) is 9.12. The number of carboxylic acids is 1. The van der Waals surface area contributed by atoms with Crippen LogP contribution in [0.25, 0.3) is 0 Å². The summed E-state index contributed by atoms with van der Waals surface area (Å²) in [4.78, 5) is 10.5. The van der Waals surface area contributed by atoms with Crippen LogP contribution in [0.2, 0.25) is 5.02 Å². The maximum atomic E-state index is 10.5. The maximum absolute atomic E-state index is 10.5. The van der Waals surface area contributed by atoms with Crippen LogP contribution in [0.4, 0.5) is 0 Å². The van der Waals surface area contributed by atoms with Crippen molar-refractivity contribution in [3.05, 3.63) is 22.7 Å². The van der Waals surface area contributed by atoms with Crippen LogP contribution in [0, 0.1) is 0 Å². The van der Waals surface area contributed by atoms with E-state index in [1.165, 1.54) is 14.2 Å². The number of methoxy groups -OCH3 is 2. The van der Waals surface area contributed by atoms with Gasteiger partial charge in [0.05, 0.1) is 19.2 Å². The minimum atomic E-state index is -0.851. The fraction of sp³-hybridized carbons (Fsp3) is 0.364. The average Bonchev–Trinajstić information content (AvgIpc) is 2.26. The first-order valence-corrected chi connectivity index (χ1v) is 5.09. The minimum Gasteiger partial charge on any atom is -0.493 e. The Bertz CT molecular complexity index is 390. The van der Waals surface area contributed by atoms with Gasteiger partial charge in [-0.25, -0.2) is 0 Å². The van der Waals surface area contributed by atoms with Crippen LogP contribution in [0.1, 0.15) is 12.0 Å². The van der Waals surface area contributed by atoms with Crippen LogP contribution < -0.4 is 9.47 Å². The third kappa shape index (κ3) is 2.79. The molecule has 0 saturated carbocycles.